The first-order valence-corrected chi connectivity index (χ1v) is 9.05. The van der Waals surface area contributed by atoms with E-state index in [1.165, 1.54) is 21.6 Å². The molecule has 0 atom stereocenters. The molecule has 5 heteroatoms. The van der Waals surface area contributed by atoms with Crippen LogP contribution in [0.25, 0.3) is 10.2 Å². The van der Waals surface area contributed by atoms with Crippen LogP contribution in [0.4, 0.5) is 0 Å². The van der Waals surface area contributed by atoms with Crippen molar-refractivity contribution in [2.75, 3.05) is 0 Å². The summed E-state index contributed by atoms with van der Waals surface area (Å²) in [6, 6.07) is 10.2. The monoisotopic (exact) mass is 330 g/mol. The number of carbonyl (C=O) groups excluding carboxylic acids is 1. The van der Waals surface area contributed by atoms with Crippen LogP contribution in [0.2, 0.25) is 0 Å². The Hall–Kier alpha value is -1.72. The van der Waals surface area contributed by atoms with Crippen molar-refractivity contribution in [3.8, 4) is 0 Å². The van der Waals surface area contributed by atoms with E-state index in [4.69, 9.17) is 0 Å². The van der Waals surface area contributed by atoms with Crippen LogP contribution < -0.4 is 4.80 Å². The molecule has 2 aromatic heterocycles. The number of thiophene rings is 1. The molecule has 3 aromatic rings. The van der Waals surface area contributed by atoms with Crippen LogP contribution in [0.5, 0.6) is 0 Å². The van der Waals surface area contributed by atoms with Gasteiger partial charge in [0, 0.05) is 6.54 Å². The van der Waals surface area contributed by atoms with Crippen molar-refractivity contribution in [3.05, 3.63) is 51.0 Å². The maximum absolute atomic E-state index is 12.2. The lowest BCUT2D eigenvalue weighted by Crippen LogP contribution is -2.15. The van der Waals surface area contributed by atoms with Crippen molar-refractivity contribution in [1.29, 1.82) is 0 Å². The molecule has 0 N–H and O–H groups in total. The lowest BCUT2D eigenvalue weighted by atomic mass is 10.0. The number of aromatic nitrogens is 1. The highest BCUT2D eigenvalue weighted by Gasteiger charge is 2.10. The molecule has 0 saturated carbocycles. The van der Waals surface area contributed by atoms with E-state index in [2.05, 4.69) is 48.5 Å². The summed E-state index contributed by atoms with van der Waals surface area (Å²) in [5.74, 6) is 0.336. The second-order valence-corrected chi connectivity index (χ2v) is 7.36. The van der Waals surface area contributed by atoms with E-state index in [1.54, 1.807) is 11.3 Å². The van der Waals surface area contributed by atoms with Crippen molar-refractivity contribution in [2.45, 2.75) is 33.2 Å². The number of thiazole rings is 1. The Morgan fingerprint density at radius 1 is 1.32 bits per heavy atom. The highest BCUT2D eigenvalue weighted by Crippen LogP contribution is 2.23. The number of aryl methyl sites for hydroxylation is 1. The van der Waals surface area contributed by atoms with E-state index in [9.17, 15) is 4.79 Å². The Morgan fingerprint density at radius 2 is 2.14 bits per heavy atom. The molecule has 0 saturated heterocycles. The lowest BCUT2D eigenvalue weighted by molar-refractivity contribution is 0.100. The lowest BCUT2D eigenvalue weighted by Gasteiger charge is -2.05. The zero-order valence-corrected chi connectivity index (χ0v) is 14.5. The third kappa shape index (κ3) is 2.78. The Labute approximate surface area is 137 Å². The van der Waals surface area contributed by atoms with Gasteiger partial charge in [-0.25, -0.2) is 0 Å². The predicted molar refractivity (Wildman–Crippen MR) is 93.8 cm³/mol. The minimum atomic E-state index is -0.159. The molecular weight excluding hydrogens is 312 g/mol. The topological polar surface area (TPSA) is 34.4 Å². The maximum Gasteiger partial charge on any atom is 0.289 e. The third-order valence-corrected chi connectivity index (χ3v) is 5.52. The van der Waals surface area contributed by atoms with Crippen molar-refractivity contribution >= 4 is 38.8 Å². The molecule has 3 nitrogen and oxygen atoms in total. The average Bonchev–Trinajstić information content (AvgIpc) is 3.13. The molecule has 0 unspecified atom stereocenters. The molecule has 2 heterocycles. The van der Waals surface area contributed by atoms with Gasteiger partial charge in [-0.1, -0.05) is 37.3 Å². The van der Waals surface area contributed by atoms with Crippen LogP contribution in [0.1, 0.15) is 41.9 Å². The van der Waals surface area contributed by atoms with Gasteiger partial charge >= 0.3 is 0 Å². The molecule has 1 amide bonds. The Balaban J connectivity index is 2.15. The number of fused-ring (bicyclic) bond motifs is 1. The van der Waals surface area contributed by atoms with Gasteiger partial charge in [0.15, 0.2) is 4.80 Å². The molecule has 0 aliphatic rings. The minimum Gasteiger partial charge on any atom is -0.317 e. The molecule has 0 fully saturated rings. The van der Waals surface area contributed by atoms with Crippen molar-refractivity contribution in [2.24, 2.45) is 4.99 Å². The third-order valence-electron chi connectivity index (χ3n) is 3.62. The summed E-state index contributed by atoms with van der Waals surface area (Å²) in [4.78, 5) is 18.0. The summed E-state index contributed by atoms with van der Waals surface area (Å²) in [5.41, 5.74) is 2.46. The highest BCUT2D eigenvalue weighted by molar-refractivity contribution is 7.16. The van der Waals surface area contributed by atoms with Crippen LogP contribution in [0, 0.1) is 0 Å². The van der Waals surface area contributed by atoms with E-state index >= 15 is 0 Å². The van der Waals surface area contributed by atoms with Crippen LogP contribution in [0.15, 0.2) is 40.7 Å². The molecule has 114 valence electrons. The van der Waals surface area contributed by atoms with E-state index in [0.29, 0.717) is 10.8 Å². The molecule has 0 aliphatic carbocycles. The molecule has 3 rings (SSSR count). The average molecular weight is 330 g/mol. The Kier molecular flexibility index (Phi) is 4.27. The minimum absolute atomic E-state index is 0.159. The van der Waals surface area contributed by atoms with Gasteiger partial charge in [0.1, 0.15) is 0 Å². The van der Waals surface area contributed by atoms with E-state index in [-0.39, 0.29) is 5.91 Å². The maximum atomic E-state index is 12.2. The largest absolute Gasteiger partial charge is 0.317 e. The summed E-state index contributed by atoms with van der Waals surface area (Å²) in [6.45, 7) is 7.26. The summed E-state index contributed by atoms with van der Waals surface area (Å²) >= 11 is 3.01. The van der Waals surface area contributed by atoms with Crippen LogP contribution in [0.3, 0.4) is 0 Å². The Bertz CT molecular complexity index is 870. The van der Waals surface area contributed by atoms with E-state index in [1.807, 2.05) is 17.5 Å². The van der Waals surface area contributed by atoms with Gasteiger partial charge in [-0.2, -0.15) is 4.99 Å². The number of hydrogen-bond acceptors (Lipinski definition) is 3. The second kappa shape index (κ2) is 6.18. The number of nitrogens with zero attached hydrogens (tertiary/aromatic N) is 2. The first-order valence-electron chi connectivity index (χ1n) is 7.36. The zero-order chi connectivity index (χ0) is 15.7. The summed E-state index contributed by atoms with van der Waals surface area (Å²) in [7, 11) is 0. The standard InChI is InChI=1S/C17H18N2OS2/c1-4-19-13-8-7-12(11(2)3)10-15(13)22-17(19)18-16(20)14-6-5-9-21-14/h5-11H,4H2,1-3H3. The van der Waals surface area contributed by atoms with Gasteiger partial charge < -0.3 is 4.57 Å². The first-order chi connectivity index (χ1) is 10.6. The van der Waals surface area contributed by atoms with Gasteiger partial charge in [0.25, 0.3) is 5.91 Å². The summed E-state index contributed by atoms with van der Waals surface area (Å²) < 4.78 is 3.29. The smallest absolute Gasteiger partial charge is 0.289 e. The second-order valence-electron chi connectivity index (χ2n) is 5.41. The fourth-order valence-electron chi connectivity index (χ4n) is 2.38. The predicted octanol–water partition coefficient (Wildman–Crippen LogP) is 4.65. The highest BCUT2D eigenvalue weighted by atomic mass is 32.1. The number of rotatable bonds is 3. The van der Waals surface area contributed by atoms with Crippen molar-refractivity contribution in [1.82, 2.24) is 4.57 Å². The van der Waals surface area contributed by atoms with Gasteiger partial charge in [-0.3, -0.25) is 4.79 Å². The fourth-order valence-corrected chi connectivity index (χ4v) is 4.13. The van der Waals surface area contributed by atoms with E-state index < -0.39 is 0 Å². The summed E-state index contributed by atoms with van der Waals surface area (Å²) in [6.07, 6.45) is 0. The summed E-state index contributed by atoms with van der Waals surface area (Å²) in [5, 5.41) is 1.90. The van der Waals surface area contributed by atoms with Crippen LogP contribution >= 0.6 is 22.7 Å². The number of amides is 1. The molecule has 0 spiro atoms. The molecule has 22 heavy (non-hydrogen) atoms. The molecule has 0 radical (unpaired) electrons. The molecule has 1 aromatic carbocycles. The van der Waals surface area contributed by atoms with Gasteiger partial charge in [-0.05, 0) is 42.0 Å². The molecule has 0 aliphatic heterocycles. The molecule has 0 bridgehead atoms. The SMILES string of the molecule is CCn1c(=NC(=O)c2cccs2)sc2cc(C(C)C)ccc21. The molecular formula is C17H18N2OS2. The number of benzene rings is 1. The quantitative estimate of drug-likeness (QED) is 0.688. The van der Waals surface area contributed by atoms with E-state index in [0.717, 1.165) is 16.9 Å². The fraction of sp³-hybridized carbons (Fsp3) is 0.294. The number of carbonyl (C=O) groups is 1. The first kappa shape index (κ1) is 15.2. The van der Waals surface area contributed by atoms with Gasteiger partial charge in [-0.15, -0.1) is 11.3 Å². The van der Waals surface area contributed by atoms with Gasteiger partial charge in [0.05, 0.1) is 15.1 Å². The van der Waals surface area contributed by atoms with Crippen LogP contribution in [-0.2, 0) is 6.54 Å². The Morgan fingerprint density at radius 3 is 2.77 bits per heavy atom. The zero-order valence-electron chi connectivity index (χ0n) is 12.9. The van der Waals surface area contributed by atoms with Crippen molar-refractivity contribution in [3.63, 3.8) is 0 Å². The normalized spacial score (nSPS) is 12.5. The van der Waals surface area contributed by atoms with Crippen LogP contribution in [-0.4, -0.2) is 10.5 Å². The van der Waals surface area contributed by atoms with Crippen molar-refractivity contribution < 1.29 is 4.79 Å². The number of hydrogen-bond donors (Lipinski definition) is 0. The van der Waals surface area contributed by atoms with Gasteiger partial charge in [0.2, 0.25) is 0 Å².